The predicted octanol–water partition coefficient (Wildman–Crippen LogP) is 2.32. The summed E-state index contributed by atoms with van der Waals surface area (Å²) in [6.07, 6.45) is 0. The Hall–Kier alpha value is -0.0300. The number of halogens is 1. The van der Waals surface area contributed by atoms with Crippen molar-refractivity contribution in [3.05, 3.63) is 0 Å². The van der Waals surface area contributed by atoms with E-state index in [9.17, 15) is 0 Å². The van der Waals surface area contributed by atoms with Crippen LogP contribution in [0.1, 0.15) is 20.8 Å². The van der Waals surface area contributed by atoms with Crippen molar-refractivity contribution >= 4 is 15.9 Å². The van der Waals surface area contributed by atoms with Gasteiger partial charge in [0.05, 0.1) is 6.07 Å². The van der Waals surface area contributed by atoms with Crippen molar-refractivity contribution in [2.45, 2.75) is 25.6 Å². The molecular weight excluding hydrogens is 154 g/mol. The molecule has 0 aliphatic rings. The average Bonchev–Trinajstić information content (AvgIpc) is 1.33. The van der Waals surface area contributed by atoms with E-state index in [-0.39, 0.29) is 0 Å². The fourth-order valence-electron chi connectivity index (χ4n) is 0. The zero-order valence-electron chi connectivity index (χ0n) is 4.90. The molecule has 1 nitrogen and oxygen atoms in total. The van der Waals surface area contributed by atoms with E-state index in [0.717, 1.165) is 0 Å². The zero-order valence-corrected chi connectivity index (χ0v) is 6.49. The highest BCUT2D eigenvalue weighted by Crippen LogP contribution is 1.89. The van der Waals surface area contributed by atoms with Crippen LogP contribution in [0.2, 0.25) is 0 Å². The zero-order chi connectivity index (χ0) is 6.28. The molecule has 2 heteroatoms. The molecule has 0 saturated carbocycles. The van der Waals surface area contributed by atoms with Crippen LogP contribution in [-0.4, -0.2) is 4.83 Å². The van der Waals surface area contributed by atoms with Gasteiger partial charge in [0.1, 0.15) is 0 Å². The lowest BCUT2D eigenvalue weighted by Gasteiger charge is -1.76. The molecule has 0 radical (unpaired) electrons. The van der Waals surface area contributed by atoms with Crippen molar-refractivity contribution in [1.82, 2.24) is 0 Å². The molecule has 0 aromatic carbocycles. The smallest absolute Gasteiger partial charge is 0.0587 e. The van der Waals surface area contributed by atoms with E-state index in [1.807, 2.05) is 0 Å². The minimum Gasteiger partial charge on any atom is -0.199 e. The van der Waals surface area contributed by atoms with E-state index in [0.29, 0.717) is 4.83 Å². The van der Waals surface area contributed by atoms with Gasteiger partial charge in [0, 0.05) is 11.8 Å². The molecule has 0 aliphatic carbocycles. The van der Waals surface area contributed by atoms with Crippen LogP contribution in [0.25, 0.3) is 0 Å². The number of hydrogen-bond donors (Lipinski definition) is 0. The maximum absolute atomic E-state index is 7.32. The van der Waals surface area contributed by atoms with Gasteiger partial charge < -0.3 is 0 Å². The molecule has 7 heavy (non-hydrogen) atoms. The lowest BCUT2D eigenvalue weighted by molar-refractivity contribution is 1.14. The van der Waals surface area contributed by atoms with Gasteiger partial charge in [-0.1, -0.05) is 29.8 Å². The van der Waals surface area contributed by atoms with Crippen LogP contribution in [0.4, 0.5) is 0 Å². The fraction of sp³-hybridized carbons (Fsp3) is 0.800. The molecule has 0 aliphatic heterocycles. The summed E-state index contributed by atoms with van der Waals surface area (Å²) in [5.41, 5.74) is 0. The standard InChI is InChI=1S/C3H7Br.C2H3N/c1-3(2)4;1-2-3/h3H,1-2H3;1H3. The van der Waals surface area contributed by atoms with Gasteiger partial charge in [0.15, 0.2) is 0 Å². The van der Waals surface area contributed by atoms with Crippen molar-refractivity contribution in [1.29, 1.82) is 5.26 Å². The predicted molar refractivity (Wildman–Crippen MR) is 35.4 cm³/mol. The molecule has 0 saturated heterocycles. The average molecular weight is 164 g/mol. The molecule has 0 unspecified atom stereocenters. The van der Waals surface area contributed by atoms with Crippen LogP contribution >= 0.6 is 15.9 Å². The normalized spacial score (nSPS) is 6.29. The molecule has 0 N–H and O–H groups in total. The molecule has 0 aromatic rings. The lowest BCUT2D eigenvalue weighted by atomic mass is 10.6. The number of alkyl halides is 1. The summed E-state index contributed by atoms with van der Waals surface area (Å²) in [6.45, 7) is 5.60. The molecule has 0 bridgehead atoms. The van der Waals surface area contributed by atoms with Gasteiger partial charge in [-0.3, -0.25) is 0 Å². The molecule has 0 aromatic heterocycles. The van der Waals surface area contributed by atoms with E-state index in [1.165, 1.54) is 6.92 Å². The first-order chi connectivity index (χ1) is 3.15. The Labute approximate surface area is 53.5 Å². The number of nitriles is 1. The third-order valence-corrected chi connectivity index (χ3v) is 0. The van der Waals surface area contributed by atoms with Crippen LogP contribution in [0.15, 0.2) is 0 Å². The summed E-state index contributed by atoms with van der Waals surface area (Å²) in [5, 5.41) is 7.32. The van der Waals surface area contributed by atoms with Gasteiger partial charge in [-0.05, 0) is 0 Å². The Kier molecular flexibility index (Phi) is 13.4. The Morgan fingerprint density at radius 2 is 1.57 bits per heavy atom. The second-order valence-corrected chi connectivity index (χ2v) is 3.07. The highest BCUT2D eigenvalue weighted by Gasteiger charge is 1.71. The third kappa shape index (κ3) is 105000. The highest BCUT2D eigenvalue weighted by atomic mass is 79.9. The van der Waals surface area contributed by atoms with Gasteiger partial charge >= 0.3 is 0 Å². The summed E-state index contributed by atoms with van der Waals surface area (Å²) in [7, 11) is 0. The van der Waals surface area contributed by atoms with E-state index >= 15 is 0 Å². The van der Waals surface area contributed by atoms with Crippen molar-refractivity contribution in [2.75, 3.05) is 0 Å². The van der Waals surface area contributed by atoms with Crippen LogP contribution in [0, 0.1) is 11.3 Å². The molecule has 0 fully saturated rings. The summed E-state index contributed by atoms with van der Waals surface area (Å²) < 4.78 is 0. The van der Waals surface area contributed by atoms with E-state index < -0.39 is 0 Å². The van der Waals surface area contributed by atoms with Gasteiger partial charge in [0.2, 0.25) is 0 Å². The first-order valence-corrected chi connectivity index (χ1v) is 3.01. The lowest BCUT2D eigenvalue weighted by Crippen LogP contribution is -1.69. The van der Waals surface area contributed by atoms with Crippen LogP contribution in [0.3, 0.4) is 0 Å². The van der Waals surface area contributed by atoms with Crippen LogP contribution in [0.5, 0.6) is 0 Å². The Bertz CT molecular complexity index is 50.8. The quantitative estimate of drug-likeness (QED) is 0.504. The SMILES string of the molecule is CC#N.CC(C)Br. The van der Waals surface area contributed by atoms with Crippen molar-refractivity contribution < 1.29 is 0 Å². The Morgan fingerprint density at radius 1 is 1.57 bits per heavy atom. The summed E-state index contributed by atoms with van der Waals surface area (Å²) in [6, 6.07) is 1.75. The number of hydrogen-bond acceptors (Lipinski definition) is 1. The molecule has 0 spiro atoms. The second-order valence-electron chi connectivity index (χ2n) is 1.24. The highest BCUT2D eigenvalue weighted by molar-refractivity contribution is 9.09. The topological polar surface area (TPSA) is 23.8 Å². The largest absolute Gasteiger partial charge is 0.199 e. The molecule has 0 heterocycles. The van der Waals surface area contributed by atoms with Gasteiger partial charge in [-0.25, -0.2) is 0 Å². The summed E-state index contributed by atoms with van der Waals surface area (Å²) in [5.74, 6) is 0. The summed E-state index contributed by atoms with van der Waals surface area (Å²) >= 11 is 3.27. The molecular formula is C5H10BrN. The maximum atomic E-state index is 7.32. The van der Waals surface area contributed by atoms with Crippen molar-refractivity contribution in [3.8, 4) is 6.07 Å². The van der Waals surface area contributed by atoms with E-state index in [4.69, 9.17) is 5.26 Å². The van der Waals surface area contributed by atoms with Crippen molar-refractivity contribution in [3.63, 3.8) is 0 Å². The van der Waals surface area contributed by atoms with Crippen LogP contribution < -0.4 is 0 Å². The minimum atomic E-state index is 0.646. The Balaban J connectivity index is 0. The number of rotatable bonds is 0. The van der Waals surface area contributed by atoms with E-state index in [1.54, 1.807) is 6.07 Å². The summed E-state index contributed by atoms with van der Waals surface area (Å²) in [4.78, 5) is 0.646. The minimum absolute atomic E-state index is 0.646. The first-order valence-electron chi connectivity index (χ1n) is 2.10. The second kappa shape index (κ2) is 9.36. The Morgan fingerprint density at radius 3 is 1.57 bits per heavy atom. The monoisotopic (exact) mass is 163 g/mol. The van der Waals surface area contributed by atoms with Gasteiger partial charge in [-0.15, -0.1) is 0 Å². The van der Waals surface area contributed by atoms with Crippen LogP contribution in [-0.2, 0) is 0 Å². The van der Waals surface area contributed by atoms with Crippen molar-refractivity contribution in [2.24, 2.45) is 0 Å². The maximum Gasteiger partial charge on any atom is 0.0587 e. The first kappa shape index (κ1) is 10.1. The fourth-order valence-corrected chi connectivity index (χ4v) is 0. The molecule has 0 rings (SSSR count). The van der Waals surface area contributed by atoms with Gasteiger partial charge in [0.25, 0.3) is 0 Å². The van der Waals surface area contributed by atoms with E-state index in [2.05, 4.69) is 29.8 Å². The van der Waals surface area contributed by atoms with Gasteiger partial charge in [-0.2, -0.15) is 5.26 Å². The number of nitrogens with zero attached hydrogens (tertiary/aromatic N) is 1. The molecule has 0 atom stereocenters. The third-order valence-electron chi connectivity index (χ3n) is 0. The molecule has 0 amide bonds. The molecule has 42 valence electrons.